The van der Waals surface area contributed by atoms with E-state index >= 15 is 0 Å². The molecule has 1 aromatic carbocycles. The van der Waals surface area contributed by atoms with Crippen LogP contribution >= 0.6 is 0 Å². The van der Waals surface area contributed by atoms with Crippen molar-refractivity contribution < 1.29 is 23.8 Å². The molecule has 10 heteroatoms. The Kier molecular flexibility index (Phi) is 5.67. The molecule has 30 heavy (non-hydrogen) atoms. The summed E-state index contributed by atoms with van der Waals surface area (Å²) in [5.41, 5.74) is 1.78. The molecule has 0 atom stereocenters. The van der Waals surface area contributed by atoms with E-state index in [0.29, 0.717) is 22.8 Å². The number of hydrogen-bond donors (Lipinski definition) is 1. The highest BCUT2D eigenvalue weighted by molar-refractivity contribution is 6.00. The third-order valence-electron chi connectivity index (χ3n) is 4.61. The summed E-state index contributed by atoms with van der Waals surface area (Å²) < 4.78 is 12.0. The van der Waals surface area contributed by atoms with Gasteiger partial charge in [0.15, 0.2) is 12.4 Å². The number of nitro benzene ring substituents is 1. The van der Waals surface area contributed by atoms with Crippen LogP contribution in [0.4, 0.5) is 11.4 Å². The first kappa shape index (κ1) is 20.8. The predicted octanol–water partition coefficient (Wildman–Crippen LogP) is 3.38. The number of esters is 1. The summed E-state index contributed by atoms with van der Waals surface area (Å²) in [5.74, 6) is -0.0348. The SMILES string of the molecule is CNc1ccc(C(=O)OCC(=O)c2cc(C)n(-c3cc(C)on3)c2C)cc1[N+](=O)[O-]. The first-order valence-electron chi connectivity index (χ1n) is 9.02. The fraction of sp³-hybridized carbons (Fsp3) is 0.250. The van der Waals surface area contributed by atoms with Gasteiger partial charge in [-0.2, -0.15) is 0 Å². The summed E-state index contributed by atoms with van der Waals surface area (Å²) in [6.07, 6.45) is 0. The van der Waals surface area contributed by atoms with Gasteiger partial charge in [0.25, 0.3) is 5.69 Å². The Hall–Kier alpha value is -3.95. The zero-order valence-corrected chi connectivity index (χ0v) is 16.9. The fourth-order valence-corrected chi connectivity index (χ4v) is 3.17. The number of hydrogen-bond acceptors (Lipinski definition) is 8. The average Bonchev–Trinajstić information content (AvgIpc) is 3.27. The van der Waals surface area contributed by atoms with Gasteiger partial charge < -0.3 is 14.6 Å². The predicted molar refractivity (Wildman–Crippen MR) is 107 cm³/mol. The van der Waals surface area contributed by atoms with Gasteiger partial charge in [-0.3, -0.25) is 19.5 Å². The molecule has 0 aliphatic heterocycles. The van der Waals surface area contributed by atoms with E-state index in [-0.39, 0.29) is 16.9 Å². The minimum atomic E-state index is -0.824. The molecule has 0 fully saturated rings. The van der Waals surface area contributed by atoms with Gasteiger partial charge in [-0.15, -0.1) is 0 Å². The maximum Gasteiger partial charge on any atom is 0.338 e. The lowest BCUT2D eigenvalue weighted by Crippen LogP contribution is -2.15. The molecule has 156 valence electrons. The molecule has 0 unspecified atom stereocenters. The van der Waals surface area contributed by atoms with Crippen molar-refractivity contribution in [2.75, 3.05) is 19.0 Å². The lowest BCUT2D eigenvalue weighted by atomic mass is 10.1. The standard InChI is InChI=1S/C20H20N4O6/c1-11-7-15(13(3)23(11)19-8-12(2)30-22-19)18(25)10-29-20(26)14-5-6-16(21-4)17(9-14)24(27)28/h5-9,21H,10H2,1-4H3. The number of ether oxygens (including phenoxy) is 1. The number of ketones is 1. The van der Waals surface area contributed by atoms with E-state index in [1.54, 1.807) is 30.5 Å². The van der Waals surface area contributed by atoms with Gasteiger partial charge in [-0.25, -0.2) is 4.79 Å². The molecular weight excluding hydrogens is 392 g/mol. The Bertz CT molecular complexity index is 1140. The lowest BCUT2D eigenvalue weighted by Gasteiger charge is -2.07. The Morgan fingerprint density at radius 2 is 1.97 bits per heavy atom. The number of nitro groups is 1. The molecule has 2 heterocycles. The molecule has 0 spiro atoms. The van der Waals surface area contributed by atoms with Gasteiger partial charge in [0.1, 0.15) is 11.4 Å². The number of carbonyl (C=O) groups is 2. The van der Waals surface area contributed by atoms with Gasteiger partial charge in [0.2, 0.25) is 5.78 Å². The normalized spacial score (nSPS) is 10.7. The highest BCUT2D eigenvalue weighted by atomic mass is 16.6. The molecular formula is C20H20N4O6. The maximum atomic E-state index is 12.6. The van der Waals surface area contributed by atoms with Gasteiger partial charge in [0.05, 0.1) is 10.5 Å². The third-order valence-corrected chi connectivity index (χ3v) is 4.61. The maximum absolute atomic E-state index is 12.6. The number of aryl methyl sites for hydroxylation is 2. The highest BCUT2D eigenvalue weighted by Crippen LogP contribution is 2.25. The van der Waals surface area contributed by atoms with Crippen LogP contribution < -0.4 is 5.32 Å². The molecule has 3 rings (SSSR count). The zero-order chi connectivity index (χ0) is 22.0. The molecule has 10 nitrogen and oxygen atoms in total. The van der Waals surface area contributed by atoms with Gasteiger partial charge in [-0.1, -0.05) is 5.16 Å². The number of carbonyl (C=O) groups excluding carboxylic acids is 2. The molecule has 3 aromatic rings. The van der Waals surface area contributed by atoms with E-state index in [0.717, 1.165) is 11.8 Å². The Balaban J connectivity index is 1.76. The summed E-state index contributed by atoms with van der Waals surface area (Å²) in [6.45, 7) is 4.85. The average molecular weight is 412 g/mol. The van der Waals surface area contributed by atoms with E-state index in [1.165, 1.54) is 19.2 Å². The van der Waals surface area contributed by atoms with Crippen LogP contribution in [0.2, 0.25) is 0 Å². The van der Waals surface area contributed by atoms with Crippen LogP contribution in [0, 0.1) is 30.9 Å². The van der Waals surface area contributed by atoms with Crippen LogP contribution in [0.3, 0.4) is 0 Å². The van der Waals surface area contributed by atoms with Gasteiger partial charge in [0, 0.05) is 36.1 Å². The topological polar surface area (TPSA) is 130 Å². The van der Waals surface area contributed by atoms with Crippen LogP contribution in [0.5, 0.6) is 0 Å². The first-order valence-corrected chi connectivity index (χ1v) is 9.02. The van der Waals surface area contributed by atoms with E-state index < -0.39 is 23.3 Å². The molecule has 0 amide bonds. The first-order chi connectivity index (χ1) is 14.2. The highest BCUT2D eigenvalue weighted by Gasteiger charge is 2.21. The quantitative estimate of drug-likeness (QED) is 0.271. The number of nitrogens with zero attached hydrogens (tertiary/aromatic N) is 3. The summed E-state index contributed by atoms with van der Waals surface area (Å²) >= 11 is 0. The molecule has 0 saturated carbocycles. The van der Waals surface area contributed by atoms with Gasteiger partial charge >= 0.3 is 5.97 Å². The third kappa shape index (κ3) is 3.93. The van der Waals surface area contributed by atoms with Crippen molar-refractivity contribution in [2.24, 2.45) is 0 Å². The van der Waals surface area contributed by atoms with Crippen LogP contribution in [-0.2, 0) is 4.74 Å². The van der Waals surface area contributed by atoms with E-state index in [2.05, 4.69) is 10.5 Å². The van der Waals surface area contributed by atoms with Crippen molar-refractivity contribution in [3.8, 4) is 5.82 Å². The van der Waals surface area contributed by atoms with Crippen molar-refractivity contribution in [3.63, 3.8) is 0 Å². The lowest BCUT2D eigenvalue weighted by molar-refractivity contribution is -0.384. The molecule has 0 saturated heterocycles. The van der Waals surface area contributed by atoms with Crippen LogP contribution in [0.1, 0.15) is 37.9 Å². The minimum Gasteiger partial charge on any atom is -0.454 e. The number of anilines is 1. The smallest absolute Gasteiger partial charge is 0.338 e. The second-order valence-corrected chi connectivity index (χ2v) is 6.65. The Labute approximate surface area is 171 Å². The molecule has 0 radical (unpaired) electrons. The van der Waals surface area contributed by atoms with Crippen molar-refractivity contribution in [1.82, 2.24) is 9.72 Å². The second kappa shape index (κ2) is 8.19. The minimum absolute atomic E-state index is 0.0166. The second-order valence-electron chi connectivity index (χ2n) is 6.65. The number of aromatic nitrogens is 2. The molecule has 2 aromatic heterocycles. The van der Waals surface area contributed by atoms with E-state index in [1.807, 2.05) is 6.92 Å². The van der Waals surface area contributed by atoms with Crippen molar-refractivity contribution in [2.45, 2.75) is 20.8 Å². The molecule has 1 N–H and O–H groups in total. The largest absolute Gasteiger partial charge is 0.454 e. The molecule has 0 bridgehead atoms. The van der Waals surface area contributed by atoms with E-state index in [9.17, 15) is 19.7 Å². The monoisotopic (exact) mass is 412 g/mol. The van der Waals surface area contributed by atoms with Crippen LogP contribution in [0.15, 0.2) is 34.9 Å². The van der Waals surface area contributed by atoms with Crippen LogP contribution in [-0.4, -0.2) is 40.1 Å². The van der Waals surface area contributed by atoms with E-state index in [4.69, 9.17) is 9.26 Å². The fourth-order valence-electron chi connectivity index (χ4n) is 3.17. The Morgan fingerprint density at radius 1 is 1.23 bits per heavy atom. The molecule has 0 aliphatic carbocycles. The van der Waals surface area contributed by atoms with Crippen LogP contribution in [0.25, 0.3) is 5.82 Å². The van der Waals surface area contributed by atoms with Crippen molar-refractivity contribution in [1.29, 1.82) is 0 Å². The number of Topliss-reactive ketones (excluding diaryl/α,β-unsaturated/α-hetero) is 1. The number of nitrogens with one attached hydrogen (secondary N) is 1. The van der Waals surface area contributed by atoms with Crippen molar-refractivity contribution in [3.05, 3.63) is 68.7 Å². The summed E-state index contributed by atoms with van der Waals surface area (Å²) in [5, 5.41) is 17.8. The summed E-state index contributed by atoms with van der Waals surface area (Å²) in [6, 6.07) is 7.34. The zero-order valence-electron chi connectivity index (χ0n) is 16.9. The number of rotatable bonds is 7. The number of benzene rings is 1. The summed E-state index contributed by atoms with van der Waals surface area (Å²) in [4.78, 5) is 35.5. The van der Waals surface area contributed by atoms with Gasteiger partial charge in [-0.05, 0) is 39.0 Å². The van der Waals surface area contributed by atoms with Crippen molar-refractivity contribution >= 4 is 23.1 Å². The summed E-state index contributed by atoms with van der Waals surface area (Å²) in [7, 11) is 1.54. The Morgan fingerprint density at radius 3 is 2.57 bits per heavy atom. The molecule has 0 aliphatic rings.